The Balaban J connectivity index is 0.871. The molecule has 0 bridgehead atoms. The number of hydrogen-bond donors (Lipinski definition) is 4. The van der Waals surface area contributed by atoms with Crippen LogP contribution in [0.15, 0.2) is 84.9 Å². The van der Waals surface area contributed by atoms with Crippen molar-refractivity contribution in [2.24, 2.45) is 0 Å². The van der Waals surface area contributed by atoms with E-state index in [1.807, 2.05) is 36.4 Å². The fourth-order valence-electron chi connectivity index (χ4n) is 8.08. The van der Waals surface area contributed by atoms with Crippen molar-refractivity contribution in [3.63, 3.8) is 0 Å². The van der Waals surface area contributed by atoms with Gasteiger partial charge >= 0.3 is 0 Å². The van der Waals surface area contributed by atoms with Gasteiger partial charge in [0.1, 0.15) is 11.5 Å². The zero-order valence-corrected chi connectivity index (χ0v) is 30.6. The lowest BCUT2D eigenvalue weighted by molar-refractivity contribution is -0.138. The summed E-state index contributed by atoms with van der Waals surface area (Å²) < 4.78 is 5.84. The van der Waals surface area contributed by atoms with E-state index in [-0.39, 0.29) is 28.9 Å². The van der Waals surface area contributed by atoms with E-state index in [0.717, 1.165) is 70.5 Å². The van der Waals surface area contributed by atoms with Gasteiger partial charge in [0.25, 0.3) is 5.91 Å². The standard InChI is InChI=1S/C42H49N7O5/c43-40-35(27-34(46-47-40)33-9-4-5-10-36(33)50)49-25-20-42(21-26-49,31-7-2-1-3-8-31)28-44-38(51)11-6-22-48-23-18-30(19-24-48)29-12-14-32(15-13-29)54-37-16-17-39(52)45-41(37)53/h1-5,7-10,12-15,27,30,37,50H,6,11,16-26,28H2,(H2,43,47)(H,44,51)(H,45,52,53). The molecule has 5 N–H and O–H groups in total. The number of imide groups is 1. The van der Waals surface area contributed by atoms with Gasteiger partial charge in [-0.1, -0.05) is 54.6 Å². The van der Waals surface area contributed by atoms with Crippen molar-refractivity contribution in [3.05, 3.63) is 96.1 Å². The van der Waals surface area contributed by atoms with Crippen molar-refractivity contribution >= 4 is 29.2 Å². The fraction of sp³-hybridized carbons (Fsp3) is 0.405. The molecule has 3 aliphatic heterocycles. The first-order valence-electron chi connectivity index (χ1n) is 19.1. The number of amides is 3. The molecule has 1 aromatic heterocycles. The molecular formula is C42H49N7O5. The number of benzene rings is 3. The van der Waals surface area contributed by atoms with E-state index in [2.05, 4.69) is 67.0 Å². The van der Waals surface area contributed by atoms with Gasteiger partial charge in [0.15, 0.2) is 11.9 Å². The summed E-state index contributed by atoms with van der Waals surface area (Å²) in [5, 5.41) is 24.5. The first-order chi connectivity index (χ1) is 26.3. The predicted octanol–water partition coefficient (Wildman–Crippen LogP) is 4.93. The second-order valence-corrected chi connectivity index (χ2v) is 14.8. The number of anilines is 2. The van der Waals surface area contributed by atoms with Gasteiger partial charge in [-0.05, 0) is 99.1 Å². The van der Waals surface area contributed by atoms with Crippen LogP contribution in [-0.2, 0) is 19.8 Å². The molecule has 0 radical (unpaired) electrons. The van der Waals surface area contributed by atoms with Crippen molar-refractivity contribution in [2.45, 2.75) is 68.8 Å². The number of nitrogen functional groups attached to an aromatic ring is 1. The molecule has 3 aliphatic rings. The number of nitrogens with zero attached hydrogens (tertiary/aromatic N) is 4. The number of nitrogens with two attached hydrogens (primary N) is 1. The first kappa shape index (κ1) is 36.9. The van der Waals surface area contributed by atoms with Crippen LogP contribution in [0.1, 0.15) is 68.4 Å². The van der Waals surface area contributed by atoms with Crippen LogP contribution in [-0.4, -0.2) is 83.3 Å². The van der Waals surface area contributed by atoms with Gasteiger partial charge in [-0.25, -0.2) is 0 Å². The Morgan fingerprint density at radius 3 is 2.37 bits per heavy atom. The molecule has 54 heavy (non-hydrogen) atoms. The van der Waals surface area contributed by atoms with Crippen LogP contribution < -0.4 is 26.0 Å². The van der Waals surface area contributed by atoms with Crippen molar-refractivity contribution in [1.29, 1.82) is 0 Å². The van der Waals surface area contributed by atoms with Crippen molar-refractivity contribution < 1.29 is 24.2 Å². The first-order valence-corrected chi connectivity index (χ1v) is 19.1. The minimum Gasteiger partial charge on any atom is -0.507 e. The third-order valence-corrected chi connectivity index (χ3v) is 11.3. The van der Waals surface area contributed by atoms with E-state index in [1.165, 1.54) is 11.1 Å². The minimum atomic E-state index is -0.633. The third kappa shape index (κ3) is 8.65. The lowest BCUT2D eigenvalue weighted by Gasteiger charge is -2.43. The van der Waals surface area contributed by atoms with Crippen LogP contribution in [0, 0.1) is 0 Å². The maximum Gasteiger partial charge on any atom is 0.267 e. The molecule has 3 saturated heterocycles. The number of aromatic hydroxyl groups is 1. The van der Waals surface area contributed by atoms with Crippen LogP contribution in [0.25, 0.3) is 11.3 Å². The van der Waals surface area contributed by atoms with E-state index < -0.39 is 6.10 Å². The molecule has 7 rings (SSSR count). The number of phenols is 1. The van der Waals surface area contributed by atoms with E-state index >= 15 is 0 Å². The Bertz CT molecular complexity index is 1920. The number of ether oxygens (including phenoxy) is 1. The Morgan fingerprint density at radius 1 is 0.926 bits per heavy atom. The van der Waals surface area contributed by atoms with Crippen LogP contribution >= 0.6 is 0 Å². The molecule has 4 heterocycles. The summed E-state index contributed by atoms with van der Waals surface area (Å²) in [5.41, 5.74) is 10.6. The van der Waals surface area contributed by atoms with Crippen LogP contribution in [0.4, 0.5) is 11.5 Å². The molecule has 12 nitrogen and oxygen atoms in total. The molecule has 282 valence electrons. The van der Waals surface area contributed by atoms with E-state index in [0.29, 0.717) is 54.5 Å². The summed E-state index contributed by atoms with van der Waals surface area (Å²) in [6.45, 7) is 4.90. The van der Waals surface area contributed by atoms with Gasteiger partial charge in [-0.15, -0.1) is 10.2 Å². The number of hydrogen-bond acceptors (Lipinski definition) is 10. The highest BCUT2D eigenvalue weighted by Crippen LogP contribution is 2.39. The van der Waals surface area contributed by atoms with Crippen LogP contribution in [0.5, 0.6) is 11.5 Å². The van der Waals surface area contributed by atoms with Crippen LogP contribution in [0.2, 0.25) is 0 Å². The van der Waals surface area contributed by atoms with Gasteiger partial charge in [0.2, 0.25) is 11.8 Å². The van der Waals surface area contributed by atoms with E-state index in [4.69, 9.17) is 10.5 Å². The van der Waals surface area contributed by atoms with Gasteiger partial charge in [0.05, 0.1) is 11.4 Å². The molecule has 1 unspecified atom stereocenters. The van der Waals surface area contributed by atoms with E-state index in [1.54, 1.807) is 12.1 Å². The fourth-order valence-corrected chi connectivity index (χ4v) is 8.08. The smallest absolute Gasteiger partial charge is 0.267 e. The number of carbonyl (C=O) groups excluding carboxylic acids is 3. The van der Waals surface area contributed by atoms with Gasteiger partial charge in [-0.2, -0.15) is 0 Å². The molecule has 0 spiro atoms. The molecule has 3 fully saturated rings. The Hall–Kier alpha value is -5.49. The highest BCUT2D eigenvalue weighted by Gasteiger charge is 2.37. The number of carbonyl (C=O) groups is 3. The predicted molar refractivity (Wildman–Crippen MR) is 207 cm³/mol. The van der Waals surface area contributed by atoms with Gasteiger partial charge < -0.3 is 30.7 Å². The third-order valence-electron chi connectivity index (χ3n) is 11.3. The largest absolute Gasteiger partial charge is 0.507 e. The summed E-state index contributed by atoms with van der Waals surface area (Å²) in [4.78, 5) is 41.4. The minimum absolute atomic E-state index is 0.0807. The molecule has 1 atom stereocenters. The summed E-state index contributed by atoms with van der Waals surface area (Å²) in [6, 6.07) is 27.4. The number of para-hydroxylation sites is 1. The number of phenolic OH excluding ortho intramolecular Hbond substituents is 1. The molecule has 3 aromatic carbocycles. The molecule has 3 amide bonds. The van der Waals surface area contributed by atoms with E-state index in [9.17, 15) is 19.5 Å². The topological polar surface area (TPSA) is 163 Å². The van der Waals surface area contributed by atoms with Crippen LogP contribution in [0.3, 0.4) is 0 Å². The monoisotopic (exact) mass is 731 g/mol. The summed E-state index contributed by atoms with van der Waals surface area (Å²) in [5.74, 6) is 1.05. The second kappa shape index (κ2) is 16.7. The molecule has 12 heteroatoms. The van der Waals surface area contributed by atoms with Gasteiger partial charge in [0, 0.05) is 49.9 Å². The molecule has 4 aromatic rings. The zero-order chi connectivity index (χ0) is 37.5. The Labute approximate surface area is 316 Å². The number of aromatic nitrogens is 2. The average Bonchev–Trinajstić information content (AvgIpc) is 3.20. The lowest BCUT2D eigenvalue weighted by Crippen LogP contribution is -2.49. The summed E-state index contributed by atoms with van der Waals surface area (Å²) >= 11 is 0. The quantitative estimate of drug-likeness (QED) is 0.147. The average molecular weight is 732 g/mol. The van der Waals surface area contributed by atoms with Crippen molar-refractivity contribution in [3.8, 4) is 22.8 Å². The number of piperidine rings is 3. The Morgan fingerprint density at radius 2 is 1.65 bits per heavy atom. The molecular weight excluding hydrogens is 683 g/mol. The molecule has 0 aliphatic carbocycles. The second-order valence-electron chi connectivity index (χ2n) is 14.8. The molecule has 0 saturated carbocycles. The van der Waals surface area contributed by atoms with Crippen molar-refractivity contribution in [1.82, 2.24) is 25.7 Å². The Kier molecular flexibility index (Phi) is 11.4. The SMILES string of the molecule is Nc1nnc(-c2ccccc2O)cc1N1CCC(CNC(=O)CCCN2CCC(c3ccc(OC4CCC(=O)NC4=O)cc3)CC2)(c2ccccc2)CC1. The highest BCUT2D eigenvalue weighted by atomic mass is 16.5. The number of nitrogens with one attached hydrogen (secondary N) is 2. The lowest BCUT2D eigenvalue weighted by atomic mass is 9.72. The highest BCUT2D eigenvalue weighted by molar-refractivity contribution is 5.99. The number of rotatable bonds is 12. The maximum atomic E-state index is 13.2. The number of likely N-dealkylation sites (tertiary alicyclic amines) is 1. The summed E-state index contributed by atoms with van der Waals surface area (Å²) in [6.07, 6.45) is 5.10. The van der Waals surface area contributed by atoms with Crippen molar-refractivity contribution in [2.75, 3.05) is 49.9 Å². The zero-order valence-electron chi connectivity index (χ0n) is 30.6. The maximum absolute atomic E-state index is 13.2. The summed E-state index contributed by atoms with van der Waals surface area (Å²) in [7, 11) is 0. The normalized spacial score (nSPS) is 19.3. The van der Waals surface area contributed by atoms with Gasteiger partial charge in [-0.3, -0.25) is 19.7 Å².